The Morgan fingerprint density at radius 1 is 1.43 bits per heavy atom. The maximum atomic E-state index is 10.7. The van der Waals surface area contributed by atoms with Gasteiger partial charge in [0.15, 0.2) is 0 Å². The van der Waals surface area contributed by atoms with Crippen molar-refractivity contribution in [1.29, 1.82) is 0 Å². The van der Waals surface area contributed by atoms with Gasteiger partial charge in [-0.2, -0.15) is 0 Å². The first-order valence-corrected chi connectivity index (χ1v) is 7.46. The molecule has 1 fully saturated rings. The van der Waals surface area contributed by atoms with Crippen molar-refractivity contribution >= 4 is 19.7 Å². The molecule has 3 nitrogen and oxygen atoms in total. The van der Waals surface area contributed by atoms with Crippen molar-refractivity contribution < 1.29 is 8.42 Å². The van der Waals surface area contributed by atoms with E-state index < -0.39 is 9.05 Å². The summed E-state index contributed by atoms with van der Waals surface area (Å²) < 4.78 is 21.4. The fraction of sp³-hybridized carbons (Fsp3) is 1.00. The number of halogens is 1. The second-order valence-electron chi connectivity index (χ2n) is 4.50. The highest BCUT2D eigenvalue weighted by atomic mass is 35.7. The molecular formula is C9H18ClNO2S. The molecule has 1 saturated heterocycles. The highest BCUT2D eigenvalue weighted by Gasteiger charge is 2.31. The van der Waals surface area contributed by atoms with E-state index in [2.05, 4.69) is 18.7 Å². The fourth-order valence-electron chi connectivity index (χ4n) is 2.01. The largest absolute Gasteiger partial charge is 0.298 e. The molecular weight excluding hydrogens is 222 g/mol. The van der Waals surface area contributed by atoms with Gasteiger partial charge in [-0.15, -0.1) is 0 Å². The Bertz CT molecular complexity index is 287. The SMILES string of the molecule is CC1(C)CCCN1CCCS(=O)(=O)Cl. The van der Waals surface area contributed by atoms with Gasteiger partial charge in [0.05, 0.1) is 5.75 Å². The summed E-state index contributed by atoms with van der Waals surface area (Å²) in [6.07, 6.45) is 3.04. The summed E-state index contributed by atoms with van der Waals surface area (Å²) in [4.78, 5) is 2.34. The Labute approximate surface area is 90.8 Å². The van der Waals surface area contributed by atoms with E-state index in [1.54, 1.807) is 0 Å². The first-order valence-electron chi connectivity index (χ1n) is 4.99. The van der Waals surface area contributed by atoms with E-state index in [1.165, 1.54) is 12.8 Å². The summed E-state index contributed by atoms with van der Waals surface area (Å²) in [5.41, 5.74) is 0.232. The molecule has 84 valence electrons. The molecule has 1 aliphatic rings. The van der Waals surface area contributed by atoms with E-state index >= 15 is 0 Å². The van der Waals surface area contributed by atoms with Crippen LogP contribution in [0.4, 0.5) is 0 Å². The minimum absolute atomic E-state index is 0.0845. The topological polar surface area (TPSA) is 37.4 Å². The van der Waals surface area contributed by atoms with Crippen molar-refractivity contribution in [3.05, 3.63) is 0 Å². The quantitative estimate of drug-likeness (QED) is 0.703. The van der Waals surface area contributed by atoms with Crippen molar-refractivity contribution in [2.45, 2.75) is 38.6 Å². The average Bonchev–Trinajstić information content (AvgIpc) is 2.28. The van der Waals surface area contributed by atoms with Gasteiger partial charge in [-0.25, -0.2) is 8.42 Å². The summed E-state index contributed by atoms with van der Waals surface area (Å²) in [6.45, 7) is 6.32. The average molecular weight is 240 g/mol. The van der Waals surface area contributed by atoms with Crippen LogP contribution in [0, 0.1) is 0 Å². The number of rotatable bonds is 4. The summed E-state index contributed by atoms with van der Waals surface area (Å²) in [5.74, 6) is 0.0845. The van der Waals surface area contributed by atoms with Gasteiger partial charge < -0.3 is 0 Å². The van der Waals surface area contributed by atoms with Crippen molar-refractivity contribution in [2.24, 2.45) is 0 Å². The molecule has 0 bridgehead atoms. The highest BCUT2D eigenvalue weighted by molar-refractivity contribution is 8.13. The standard InChI is InChI=1S/C9H18ClNO2S/c1-9(2)5-3-6-11(9)7-4-8-14(10,12)13/h3-8H2,1-2H3. The van der Waals surface area contributed by atoms with Gasteiger partial charge in [-0.3, -0.25) is 4.90 Å². The van der Waals surface area contributed by atoms with E-state index in [4.69, 9.17) is 10.7 Å². The molecule has 0 amide bonds. The summed E-state index contributed by atoms with van der Waals surface area (Å²) in [6, 6.07) is 0. The predicted octanol–water partition coefficient (Wildman–Crippen LogP) is 1.82. The normalized spacial score (nSPS) is 22.8. The van der Waals surface area contributed by atoms with Crippen LogP contribution >= 0.6 is 10.7 Å². The minimum Gasteiger partial charge on any atom is -0.298 e. The lowest BCUT2D eigenvalue weighted by molar-refractivity contribution is 0.176. The van der Waals surface area contributed by atoms with Crippen LogP contribution in [0.25, 0.3) is 0 Å². The molecule has 0 spiro atoms. The van der Waals surface area contributed by atoms with Crippen molar-refractivity contribution in [2.75, 3.05) is 18.8 Å². The first-order chi connectivity index (χ1) is 6.31. The Morgan fingerprint density at radius 2 is 2.07 bits per heavy atom. The van der Waals surface area contributed by atoms with Crippen LogP contribution in [-0.4, -0.2) is 37.7 Å². The molecule has 1 aliphatic heterocycles. The van der Waals surface area contributed by atoms with E-state index in [0.717, 1.165) is 13.1 Å². The number of hydrogen-bond acceptors (Lipinski definition) is 3. The van der Waals surface area contributed by atoms with Gasteiger partial charge >= 0.3 is 0 Å². The molecule has 0 aromatic carbocycles. The zero-order valence-electron chi connectivity index (χ0n) is 8.79. The molecule has 14 heavy (non-hydrogen) atoms. The van der Waals surface area contributed by atoms with Crippen LogP contribution in [0.1, 0.15) is 33.1 Å². The van der Waals surface area contributed by atoms with E-state index in [9.17, 15) is 8.42 Å². The van der Waals surface area contributed by atoms with E-state index in [-0.39, 0.29) is 11.3 Å². The van der Waals surface area contributed by atoms with Crippen LogP contribution in [-0.2, 0) is 9.05 Å². The van der Waals surface area contributed by atoms with Crippen molar-refractivity contribution in [1.82, 2.24) is 4.90 Å². The van der Waals surface area contributed by atoms with Crippen LogP contribution in [0.2, 0.25) is 0 Å². The Morgan fingerprint density at radius 3 is 2.50 bits per heavy atom. The van der Waals surface area contributed by atoms with Crippen LogP contribution in [0.5, 0.6) is 0 Å². The smallest absolute Gasteiger partial charge is 0.232 e. The van der Waals surface area contributed by atoms with Gasteiger partial charge in [0.25, 0.3) is 0 Å². The molecule has 5 heteroatoms. The van der Waals surface area contributed by atoms with Gasteiger partial charge in [-0.1, -0.05) is 0 Å². The van der Waals surface area contributed by atoms with Gasteiger partial charge in [0.2, 0.25) is 9.05 Å². The second kappa shape index (κ2) is 4.37. The maximum absolute atomic E-state index is 10.7. The summed E-state index contributed by atoms with van der Waals surface area (Å²) in [7, 11) is 1.84. The van der Waals surface area contributed by atoms with Gasteiger partial charge in [-0.05, 0) is 46.2 Å². The number of hydrogen-bond donors (Lipinski definition) is 0. The van der Waals surface area contributed by atoms with E-state index in [1.807, 2.05) is 0 Å². The van der Waals surface area contributed by atoms with Gasteiger partial charge in [0, 0.05) is 16.2 Å². The molecule has 1 heterocycles. The number of nitrogens with zero attached hydrogens (tertiary/aromatic N) is 1. The lowest BCUT2D eigenvalue weighted by Gasteiger charge is -2.31. The molecule has 0 aromatic heterocycles. The second-order valence-corrected chi connectivity index (χ2v) is 7.40. The van der Waals surface area contributed by atoms with Crippen LogP contribution in [0.3, 0.4) is 0 Å². The Kier molecular flexibility index (Phi) is 3.83. The fourth-order valence-corrected chi connectivity index (χ4v) is 2.81. The van der Waals surface area contributed by atoms with Crippen LogP contribution < -0.4 is 0 Å². The Balaban J connectivity index is 2.32. The lowest BCUT2D eigenvalue weighted by Crippen LogP contribution is -2.39. The van der Waals surface area contributed by atoms with Crippen LogP contribution in [0.15, 0.2) is 0 Å². The monoisotopic (exact) mass is 239 g/mol. The lowest BCUT2D eigenvalue weighted by atomic mass is 10.0. The molecule has 0 atom stereocenters. The number of likely N-dealkylation sites (tertiary alicyclic amines) is 1. The van der Waals surface area contributed by atoms with Gasteiger partial charge in [0.1, 0.15) is 0 Å². The van der Waals surface area contributed by atoms with E-state index in [0.29, 0.717) is 6.42 Å². The summed E-state index contributed by atoms with van der Waals surface area (Å²) >= 11 is 0. The predicted molar refractivity (Wildman–Crippen MR) is 59.1 cm³/mol. The molecule has 0 aromatic rings. The van der Waals surface area contributed by atoms with Crippen molar-refractivity contribution in [3.63, 3.8) is 0 Å². The molecule has 1 rings (SSSR count). The third-order valence-corrected chi connectivity index (χ3v) is 4.13. The summed E-state index contributed by atoms with van der Waals surface area (Å²) in [5, 5.41) is 0. The highest BCUT2D eigenvalue weighted by Crippen LogP contribution is 2.27. The molecule has 0 aliphatic carbocycles. The molecule has 0 saturated carbocycles. The minimum atomic E-state index is -3.31. The third kappa shape index (κ3) is 3.75. The van der Waals surface area contributed by atoms with Crippen molar-refractivity contribution in [3.8, 4) is 0 Å². The maximum Gasteiger partial charge on any atom is 0.232 e. The zero-order valence-corrected chi connectivity index (χ0v) is 10.4. The molecule has 0 radical (unpaired) electrons. The molecule has 0 N–H and O–H groups in total. The zero-order chi connectivity index (χ0) is 10.8. The Hall–Kier alpha value is 0.200. The molecule has 0 unspecified atom stereocenters. The third-order valence-electron chi connectivity index (χ3n) is 2.89. The first kappa shape index (κ1) is 12.3.